The number of aromatic nitrogens is 3. The van der Waals surface area contributed by atoms with E-state index in [2.05, 4.69) is 25.6 Å². The topological polar surface area (TPSA) is 85.1 Å². The summed E-state index contributed by atoms with van der Waals surface area (Å²) in [5, 5.41) is 6.76. The van der Waals surface area contributed by atoms with Crippen molar-refractivity contribution in [3.05, 3.63) is 65.6 Å². The molecule has 2 aromatic heterocycles. The van der Waals surface area contributed by atoms with Crippen molar-refractivity contribution < 1.29 is 22.3 Å². The van der Waals surface area contributed by atoms with Gasteiger partial charge in [-0.25, -0.2) is 28.1 Å². The molecule has 1 atom stereocenters. The predicted octanol–water partition coefficient (Wildman–Crippen LogP) is 5.93. The van der Waals surface area contributed by atoms with Gasteiger partial charge in [0.15, 0.2) is 0 Å². The SMILES string of the molecule is COc1cc2nc(C)nc(N[C@H](C)c3cccc(C(F)F)c3F)c2cc1Nc1ncco1. The maximum absolute atomic E-state index is 14.6. The van der Waals surface area contributed by atoms with Crippen molar-refractivity contribution in [2.75, 3.05) is 17.7 Å². The Morgan fingerprint density at radius 2 is 1.91 bits per heavy atom. The van der Waals surface area contributed by atoms with Gasteiger partial charge < -0.3 is 19.8 Å². The molecule has 4 rings (SSSR count). The fourth-order valence-corrected chi connectivity index (χ4v) is 3.40. The van der Waals surface area contributed by atoms with E-state index in [0.29, 0.717) is 34.0 Å². The molecule has 166 valence electrons. The number of oxazole rings is 1. The monoisotopic (exact) mass is 443 g/mol. The molecule has 7 nitrogen and oxygen atoms in total. The number of fused-ring (bicyclic) bond motifs is 1. The van der Waals surface area contributed by atoms with Crippen LogP contribution in [0.5, 0.6) is 5.75 Å². The summed E-state index contributed by atoms with van der Waals surface area (Å²) in [5.74, 6) is 0.457. The van der Waals surface area contributed by atoms with E-state index in [-0.39, 0.29) is 11.6 Å². The molecule has 0 saturated carbocycles. The Morgan fingerprint density at radius 3 is 2.59 bits per heavy atom. The van der Waals surface area contributed by atoms with Gasteiger partial charge in [-0.05, 0) is 19.9 Å². The number of alkyl halides is 2. The number of hydrogen-bond acceptors (Lipinski definition) is 7. The second-order valence-corrected chi connectivity index (χ2v) is 7.07. The minimum Gasteiger partial charge on any atom is -0.494 e. The van der Waals surface area contributed by atoms with E-state index in [1.54, 1.807) is 26.0 Å². The molecule has 0 aliphatic heterocycles. The molecule has 0 aliphatic carbocycles. The van der Waals surface area contributed by atoms with Crippen LogP contribution in [0, 0.1) is 12.7 Å². The molecule has 0 fully saturated rings. The number of aryl methyl sites for hydroxylation is 1. The Labute approximate surface area is 181 Å². The normalized spacial score (nSPS) is 12.2. The van der Waals surface area contributed by atoms with Crippen LogP contribution < -0.4 is 15.4 Å². The van der Waals surface area contributed by atoms with Crippen LogP contribution in [0.2, 0.25) is 0 Å². The average Bonchev–Trinajstić information content (AvgIpc) is 3.26. The first-order valence-electron chi connectivity index (χ1n) is 9.73. The van der Waals surface area contributed by atoms with E-state index in [4.69, 9.17) is 9.15 Å². The summed E-state index contributed by atoms with van der Waals surface area (Å²) < 4.78 is 51.6. The molecule has 2 N–H and O–H groups in total. The van der Waals surface area contributed by atoms with Gasteiger partial charge in [0.05, 0.1) is 36.1 Å². The van der Waals surface area contributed by atoms with Crippen LogP contribution in [0.3, 0.4) is 0 Å². The van der Waals surface area contributed by atoms with Crippen molar-refractivity contribution in [1.82, 2.24) is 15.0 Å². The Morgan fingerprint density at radius 1 is 1.12 bits per heavy atom. The molecule has 0 spiro atoms. The molecule has 0 saturated heterocycles. The van der Waals surface area contributed by atoms with E-state index in [0.717, 1.165) is 6.07 Å². The minimum absolute atomic E-state index is 0.110. The van der Waals surface area contributed by atoms with Gasteiger partial charge in [-0.15, -0.1) is 0 Å². The van der Waals surface area contributed by atoms with Gasteiger partial charge in [-0.3, -0.25) is 0 Å². The number of rotatable bonds is 7. The molecule has 2 aromatic carbocycles. The third kappa shape index (κ3) is 4.16. The van der Waals surface area contributed by atoms with Crippen molar-refractivity contribution in [2.45, 2.75) is 26.3 Å². The van der Waals surface area contributed by atoms with E-state index >= 15 is 0 Å². The molecule has 0 amide bonds. The second kappa shape index (κ2) is 8.74. The number of benzene rings is 2. The Kier molecular flexibility index (Phi) is 5.85. The van der Waals surface area contributed by atoms with Crippen LogP contribution in [0.25, 0.3) is 10.9 Å². The highest BCUT2D eigenvalue weighted by Gasteiger charge is 2.21. The van der Waals surface area contributed by atoms with E-state index < -0.39 is 23.8 Å². The van der Waals surface area contributed by atoms with Gasteiger partial charge in [0.2, 0.25) is 0 Å². The summed E-state index contributed by atoms with van der Waals surface area (Å²) in [4.78, 5) is 12.9. The molecular weight excluding hydrogens is 423 g/mol. The first kappa shape index (κ1) is 21.4. The molecule has 0 radical (unpaired) electrons. The Balaban J connectivity index is 1.76. The van der Waals surface area contributed by atoms with Crippen molar-refractivity contribution in [3.63, 3.8) is 0 Å². The number of hydrogen-bond donors (Lipinski definition) is 2. The maximum atomic E-state index is 14.6. The van der Waals surface area contributed by atoms with Crippen LogP contribution in [0.1, 0.15) is 36.3 Å². The summed E-state index contributed by atoms with van der Waals surface area (Å²) in [7, 11) is 1.52. The van der Waals surface area contributed by atoms with Crippen molar-refractivity contribution in [3.8, 4) is 5.75 Å². The van der Waals surface area contributed by atoms with Crippen molar-refractivity contribution in [2.24, 2.45) is 0 Å². The predicted molar refractivity (Wildman–Crippen MR) is 114 cm³/mol. The first-order chi connectivity index (χ1) is 15.4. The third-order valence-electron chi connectivity index (χ3n) is 4.92. The molecule has 4 aromatic rings. The summed E-state index contributed by atoms with van der Waals surface area (Å²) in [5.41, 5.74) is 0.612. The highest BCUT2D eigenvalue weighted by Crippen LogP contribution is 2.35. The second-order valence-electron chi connectivity index (χ2n) is 7.07. The van der Waals surface area contributed by atoms with Gasteiger partial charge >= 0.3 is 0 Å². The Hall–Kier alpha value is -3.82. The van der Waals surface area contributed by atoms with Gasteiger partial charge in [0.1, 0.15) is 29.5 Å². The maximum Gasteiger partial charge on any atom is 0.299 e. The minimum atomic E-state index is -2.90. The van der Waals surface area contributed by atoms with E-state index in [9.17, 15) is 13.2 Å². The quantitative estimate of drug-likeness (QED) is 0.366. The highest BCUT2D eigenvalue weighted by molar-refractivity contribution is 5.94. The van der Waals surface area contributed by atoms with Crippen molar-refractivity contribution >= 4 is 28.4 Å². The van der Waals surface area contributed by atoms with Crippen LogP contribution in [-0.4, -0.2) is 22.1 Å². The van der Waals surface area contributed by atoms with Crippen molar-refractivity contribution in [1.29, 1.82) is 0 Å². The fourth-order valence-electron chi connectivity index (χ4n) is 3.40. The number of ether oxygens (including phenoxy) is 1. The van der Waals surface area contributed by atoms with Gasteiger partial charge in [0, 0.05) is 17.0 Å². The largest absolute Gasteiger partial charge is 0.494 e. The molecule has 0 aliphatic rings. The third-order valence-corrected chi connectivity index (χ3v) is 4.92. The number of nitrogens with zero attached hydrogens (tertiary/aromatic N) is 3. The smallest absolute Gasteiger partial charge is 0.299 e. The Bertz CT molecular complexity index is 1250. The molecule has 10 heteroatoms. The van der Waals surface area contributed by atoms with Crippen LogP contribution >= 0.6 is 0 Å². The molecule has 0 bridgehead atoms. The lowest BCUT2D eigenvalue weighted by molar-refractivity contribution is 0.146. The summed E-state index contributed by atoms with van der Waals surface area (Å²) in [6.07, 6.45) is 0.0264. The van der Waals surface area contributed by atoms with E-state index in [1.165, 1.54) is 31.7 Å². The highest BCUT2D eigenvalue weighted by atomic mass is 19.3. The fraction of sp³-hybridized carbons (Fsp3) is 0.227. The standard InChI is InChI=1S/C22H20F3N5O2/c1-11(13-5-4-6-14(19(13)23)20(24)25)27-21-15-9-17(30-22-26-7-8-32-22)18(31-3)10-16(15)28-12(2)29-21/h4-11,20H,1-3H3,(H,26,30)(H,27,28,29)/t11-/m1/s1. The van der Waals surface area contributed by atoms with Crippen LogP contribution in [-0.2, 0) is 0 Å². The molecule has 32 heavy (non-hydrogen) atoms. The molecular formula is C22H20F3N5O2. The number of nitrogens with one attached hydrogen (secondary N) is 2. The summed E-state index contributed by atoms with van der Waals surface area (Å²) in [6.45, 7) is 3.39. The van der Waals surface area contributed by atoms with Gasteiger partial charge in [-0.2, -0.15) is 0 Å². The van der Waals surface area contributed by atoms with Crippen LogP contribution in [0.4, 0.5) is 30.7 Å². The number of anilines is 3. The van der Waals surface area contributed by atoms with Crippen LogP contribution in [0.15, 0.2) is 47.2 Å². The molecule has 2 heterocycles. The lowest BCUT2D eigenvalue weighted by Gasteiger charge is -2.19. The number of halogens is 3. The van der Waals surface area contributed by atoms with E-state index in [1.807, 2.05) is 0 Å². The number of methoxy groups -OCH3 is 1. The summed E-state index contributed by atoms with van der Waals surface area (Å²) >= 11 is 0. The summed E-state index contributed by atoms with van der Waals surface area (Å²) in [6, 6.07) is 7.05. The zero-order valence-electron chi connectivity index (χ0n) is 17.5. The zero-order valence-corrected chi connectivity index (χ0v) is 17.5. The van der Waals surface area contributed by atoms with Gasteiger partial charge in [-0.1, -0.05) is 18.2 Å². The first-order valence-corrected chi connectivity index (χ1v) is 9.73. The van der Waals surface area contributed by atoms with Gasteiger partial charge in [0.25, 0.3) is 12.4 Å². The zero-order chi connectivity index (χ0) is 22.8. The average molecular weight is 443 g/mol. The molecule has 0 unspecified atom stereocenters. The lowest BCUT2D eigenvalue weighted by atomic mass is 10.0. The lowest BCUT2D eigenvalue weighted by Crippen LogP contribution is -2.12.